The molecule has 2 nitrogen and oxygen atoms in total. The molecule has 2 rings (SSSR count). The number of nitrogens with one attached hydrogen (secondary N) is 1. The fourth-order valence-corrected chi connectivity index (χ4v) is 2.86. The highest BCUT2D eigenvalue weighted by molar-refractivity contribution is 4.85. The van der Waals surface area contributed by atoms with Crippen LogP contribution in [0.15, 0.2) is 0 Å². The van der Waals surface area contributed by atoms with Crippen molar-refractivity contribution in [1.29, 1.82) is 0 Å². The SMILES string of the molecule is OCC1CCC(C2CCCC2)NC1. The molecule has 1 saturated heterocycles. The van der Waals surface area contributed by atoms with Crippen LogP contribution in [0.4, 0.5) is 0 Å². The van der Waals surface area contributed by atoms with Gasteiger partial charge in [-0.05, 0) is 37.5 Å². The van der Waals surface area contributed by atoms with Crippen LogP contribution in [-0.2, 0) is 0 Å². The maximum Gasteiger partial charge on any atom is 0.0471 e. The van der Waals surface area contributed by atoms with Crippen molar-refractivity contribution in [3.05, 3.63) is 0 Å². The molecule has 0 radical (unpaired) electrons. The van der Waals surface area contributed by atoms with E-state index in [9.17, 15) is 0 Å². The van der Waals surface area contributed by atoms with E-state index in [1.54, 1.807) is 0 Å². The molecule has 2 aliphatic rings. The molecule has 0 aromatic carbocycles. The van der Waals surface area contributed by atoms with Crippen LogP contribution >= 0.6 is 0 Å². The lowest BCUT2D eigenvalue weighted by atomic mass is 9.87. The Kier molecular flexibility index (Phi) is 3.23. The number of aliphatic hydroxyl groups excluding tert-OH is 1. The Labute approximate surface area is 80.7 Å². The van der Waals surface area contributed by atoms with Crippen LogP contribution in [-0.4, -0.2) is 24.3 Å². The molecule has 2 N–H and O–H groups in total. The number of piperidine rings is 1. The zero-order chi connectivity index (χ0) is 9.10. The largest absolute Gasteiger partial charge is 0.396 e. The van der Waals surface area contributed by atoms with E-state index in [1.165, 1.54) is 38.5 Å². The fraction of sp³-hybridized carbons (Fsp3) is 1.00. The molecular formula is C11H21NO. The average Bonchev–Trinajstić information content (AvgIpc) is 2.71. The van der Waals surface area contributed by atoms with Crippen molar-refractivity contribution >= 4 is 0 Å². The van der Waals surface area contributed by atoms with Gasteiger partial charge in [0.2, 0.25) is 0 Å². The second-order valence-electron chi connectivity index (χ2n) is 4.69. The summed E-state index contributed by atoms with van der Waals surface area (Å²) in [6.45, 7) is 1.40. The van der Waals surface area contributed by atoms with Crippen LogP contribution in [0.2, 0.25) is 0 Å². The molecule has 2 atom stereocenters. The molecule has 1 aliphatic carbocycles. The molecule has 13 heavy (non-hydrogen) atoms. The minimum atomic E-state index is 0.365. The first kappa shape index (κ1) is 9.47. The van der Waals surface area contributed by atoms with Gasteiger partial charge < -0.3 is 10.4 Å². The van der Waals surface area contributed by atoms with Crippen LogP contribution in [0, 0.1) is 11.8 Å². The Morgan fingerprint density at radius 3 is 2.38 bits per heavy atom. The molecule has 2 fully saturated rings. The molecular weight excluding hydrogens is 162 g/mol. The van der Waals surface area contributed by atoms with Gasteiger partial charge in [-0.1, -0.05) is 12.8 Å². The van der Waals surface area contributed by atoms with E-state index < -0.39 is 0 Å². The van der Waals surface area contributed by atoms with Gasteiger partial charge in [-0.15, -0.1) is 0 Å². The van der Waals surface area contributed by atoms with Gasteiger partial charge in [0.25, 0.3) is 0 Å². The van der Waals surface area contributed by atoms with Gasteiger partial charge in [0.1, 0.15) is 0 Å². The van der Waals surface area contributed by atoms with Crippen molar-refractivity contribution < 1.29 is 5.11 Å². The first-order valence-electron chi connectivity index (χ1n) is 5.74. The summed E-state index contributed by atoms with van der Waals surface area (Å²) in [6, 6.07) is 0.769. The summed E-state index contributed by atoms with van der Waals surface area (Å²) in [5.74, 6) is 1.47. The van der Waals surface area contributed by atoms with Crippen molar-refractivity contribution in [2.24, 2.45) is 11.8 Å². The van der Waals surface area contributed by atoms with Crippen molar-refractivity contribution in [2.45, 2.75) is 44.6 Å². The molecule has 1 aliphatic heterocycles. The smallest absolute Gasteiger partial charge is 0.0471 e. The monoisotopic (exact) mass is 183 g/mol. The third-order valence-corrected chi connectivity index (χ3v) is 3.78. The first-order chi connectivity index (χ1) is 6.40. The van der Waals surface area contributed by atoms with Gasteiger partial charge in [0.15, 0.2) is 0 Å². The van der Waals surface area contributed by atoms with Crippen LogP contribution in [0.3, 0.4) is 0 Å². The molecule has 0 aromatic rings. The Balaban J connectivity index is 1.77. The molecule has 76 valence electrons. The number of aliphatic hydroxyl groups is 1. The highest BCUT2D eigenvalue weighted by atomic mass is 16.3. The maximum atomic E-state index is 9.00. The van der Waals surface area contributed by atoms with E-state index in [2.05, 4.69) is 5.32 Å². The molecule has 0 spiro atoms. The van der Waals surface area contributed by atoms with Gasteiger partial charge in [-0.3, -0.25) is 0 Å². The first-order valence-corrected chi connectivity index (χ1v) is 5.74. The lowest BCUT2D eigenvalue weighted by molar-refractivity contribution is 0.166. The van der Waals surface area contributed by atoms with E-state index in [0.717, 1.165) is 18.5 Å². The summed E-state index contributed by atoms with van der Waals surface area (Å²) in [7, 11) is 0. The summed E-state index contributed by atoms with van der Waals surface area (Å²) < 4.78 is 0. The third-order valence-electron chi connectivity index (χ3n) is 3.78. The fourth-order valence-electron chi connectivity index (χ4n) is 2.86. The highest BCUT2D eigenvalue weighted by Gasteiger charge is 2.28. The molecule has 1 saturated carbocycles. The number of rotatable bonds is 2. The molecule has 0 bridgehead atoms. The number of hydrogen-bond donors (Lipinski definition) is 2. The van der Waals surface area contributed by atoms with Crippen molar-refractivity contribution in [3.63, 3.8) is 0 Å². The predicted molar refractivity (Wildman–Crippen MR) is 53.6 cm³/mol. The molecule has 2 unspecified atom stereocenters. The summed E-state index contributed by atoms with van der Waals surface area (Å²) in [4.78, 5) is 0. The summed E-state index contributed by atoms with van der Waals surface area (Å²) in [5.41, 5.74) is 0. The Hall–Kier alpha value is -0.0800. The van der Waals surface area contributed by atoms with Crippen molar-refractivity contribution in [3.8, 4) is 0 Å². The zero-order valence-electron chi connectivity index (χ0n) is 8.34. The minimum Gasteiger partial charge on any atom is -0.396 e. The topological polar surface area (TPSA) is 32.3 Å². The van der Waals surface area contributed by atoms with Crippen LogP contribution < -0.4 is 5.32 Å². The van der Waals surface area contributed by atoms with E-state index >= 15 is 0 Å². The zero-order valence-corrected chi connectivity index (χ0v) is 8.34. The Bertz CT molecular complexity index is 146. The second-order valence-corrected chi connectivity index (χ2v) is 4.69. The van der Waals surface area contributed by atoms with Crippen LogP contribution in [0.1, 0.15) is 38.5 Å². The molecule has 0 amide bonds. The molecule has 0 aromatic heterocycles. The van der Waals surface area contributed by atoms with Gasteiger partial charge in [0.05, 0.1) is 0 Å². The van der Waals surface area contributed by atoms with Gasteiger partial charge >= 0.3 is 0 Å². The minimum absolute atomic E-state index is 0.365. The average molecular weight is 183 g/mol. The maximum absolute atomic E-state index is 9.00. The van der Waals surface area contributed by atoms with Gasteiger partial charge in [-0.2, -0.15) is 0 Å². The quantitative estimate of drug-likeness (QED) is 0.680. The molecule has 1 heterocycles. The normalized spacial score (nSPS) is 36.7. The lowest BCUT2D eigenvalue weighted by Gasteiger charge is -2.32. The van der Waals surface area contributed by atoms with E-state index in [0.29, 0.717) is 12.5 Å². The van der Waals surface area contributed by atoms with Crippen LogP contribution in [0.25, 0.3) is 0 Å². The van der Waals surface area contributed by atoms with Gasteiger partial charge in [0, 0.05) is 19.2 Å². The van der Waals surface area contributed by atoms with E-state index in [1.807, 2.05) is 0 Å². The Morgan fingerprint density at radius 2 is 1.85 bits per heavy atom. The molecule has 2 heteroatoms. The second kappa shape index (κ2) is 4.43. The Morgan fingerprint density at radius 1 is 1.08 bits per heavy atom. The van der Waals surface area contributed by atoms with E-state index in [-0.39, 0.29) is 0 Å². The predicted octanol–water partition coefficient (Wildman–Crippen LogP) is 1.54. The summed E-state index contributed by atoms with van der Waals surface area (Å²) >= 11 is 0. The van der Waals surface area contributed by atoms with Crippen molar-refractivity contribution in [2.75, 3.05) is 13.2 Å². The standard InChI is InChI=1S/C11H21NO/c13-8-9-5-6-11(12-7-9)10-3-1-2-4-10/h9-13H,1-8H2. The van der Waals surface area contributed by atoms with Gasteiger partial charge in [-0.25, -0.2) is 0 Å². The lowest BCUT2D eigenvalue weighted by Crippen LogP contribution is -2.43. The van der Waals surface area contributed by atoms with Crippen LogP contribution in [0.5, 0.6) is 0 Å². The number of hydrogen-bond acceptors (Lipinski definition) is 2. The van der Waals surface area contributed by atoms with Crippen molar-refractivity contribution in [1.82, 2.24) is 5.32 Å². The highest BCUT2D eigenvalue weighted by Crippen LogP contribution is 2.31. The third kappa shape index (κ3) is 2.23. The summed E-state index contributed by atoms with van der Waals surface area (Å²) in [6.07, 6.45) is 8.25. The van der Waals surface area contributed by atoms with E-state index in [4.69, 9.17) is 5.11 Å². The summed E-state index contributed by atoms with van der Waals surface area (Å²) in [5, 5.41) is 12.6.